The Balaban J connectivity index is 0.000000191. The molecule has 0 amide bonds. The van der Waals surface area contributed by atoms with Gasteiger partial charge in [0.1, 0.15) is 12.1 Å². The molecular weight excluding hydrogens is 253 g/mol. The fourth-order valence-electron chi connectivity index (χ4n) is 0.959. The SMILES string of the molecule is ON=Cc1ccc(F)cn1.ON=Cc1ccncn1. The molecule has 0 fully saturated rings. The lowest BCUT2D eigenvalue weighted by Crippen LogP contribution is -1.86. The molecule has 0 unspecified atom stereocenters. The van der Waals surface area contributed by atoms with E-state index in [0.717, 1.165) is 12.4 Å². The average molecular weight is 263 g/mol. The molecule has 2 aromatic rings. The summed E-state index contributed by atoms with van der Waals surface area (Å²) >= 11 is 0. The second-order valence-corrected chi connectivity index (χ2v) is 3.02. The van der Waals surface area contributed by atoms with Crippen LogP contribution in [0.1, 0.15) is 11.4 Å². The first-order chi connectivity index (χ1) is 9.26. The molecular formula is C11H10FN5O2. The lowest BCUT2D eigenvalue weighted by molar-refractivity contribution is 0.321. The van der Waals surface area contributed by atoms with E-state index >= 15 is 0 Å². The van der Waals surface area contributed by atoms with Gasteiger partial charge in [0.15, 0.2) is 0 Å². The van der Waals surface area contributed by atoms with Crippen LogP contribution < -0.4 is 0 Å². The summed E-state index contributed by atoms with van der Waals surface area (Å²) in [4.78, 5) is 11.0. The zero-order valence-electron chi connectivity index (χ0n) is 9.63. The van der Waals surface area contributed by atoms with Gasteiger partial charge in [-0.15, -0.1) is 0 Å². The second-order valence-electron chi connectivity index (χ2n) is 3.02. The van der Waals surface area contributed by atoms with E-state index in [1.165, 1.54) is 24.7 Å². The van der Waals surface area contributed by atoms with E-state index in [4.69, 9.17) is 10.4 Å². The molecule has 0 spiro atoms. The van der Waals surface area contributed by atoms with E-state index in [9.17, 15) is 4.39 Å². The van der Waals surface area contributed by atoms with Crippen LogP contribution in [0.4, 0.5) is 4.39 Å². The van der Waals surface area contributed by atoms with Crippen molar-refractivity contribution in [1.82, 2.24) is 15.0 Å². The fourth-order valence-corrected chi connectivity index (χ4v) is 0.959. The molecule has 0 saturated carbocycles. The molecule has 0 atom stereocenters. The van der Waals surface area contributed by atoms with Crippen molar-refractivity contribution >= 4 is 12.4 Å². The molecule has 2 aromatic heterocycles. The van der Waals surface area contributed by atoms with Gasteiger partial charge in [-0.3, -0.25) is 4.98 Å². The number of pyridine rings is 1. The summed E-state index contributed by atoms with van der Waals surface area (Å²) in [6.45, 7) is 0. The van der Waals surface area contributed by atoms with Gasteiger partial charge >= 0.3 is 0 Å². The molecule has 0 bridgehead atoms. The van der Waals surface area contributed by atoms with Crippen molar-refractivity contribution in [2.24, 2.45) is 10.3 Å². The highest BCUT2D eigenvalue weighted by molar-refractivity contribution is 5.76. The van der Waals surface area contributed by atoms with Gasteiger partial charge in [-0.2, -0.15) is 0 Å². The number of hydrogen-bond acceptors (Lipinski definition) is 7. The van der Waals surface area contributed by atoms with E-state index in [1.807, 2.05) is 0 Å². The maximum absolute atomic E-state index is 12.2. The van der Waals surface area contributed by atoms with E-state index in [1.54, 1.807) is 12.3 Å². The van der Waals surface area contributed by atoms with Crippen LogP contribution in [-0.4, -0.2) is 37.8 Å². The van der Waals surface area contributed by atoms with Gasteiger partial charge in [0.05, 0.1) is 30.0 Å². The molecule has 0 aromatic carbocycles. The lowest BCUT2D eigenvalue weighted by atomic mass is 10.4. The van der Waals surface area contributed by atoms with Gasteiger partial charge in [0, 0.05) is 6.20 Å². The lowest BCUT2D eigenvalue weighted by Gasteiger charge is -1.87. The largest absolute Gasteiger partial charge is 0.411 e. The maximum atomic E-state index is 12.2. The minimum absolute atomic E-state index is 0.407. The fraction of sp³-hybridized carbons (Fsp3) is 0. The maximum Gasteiger partial charge on any atom is 0.141 e. The van der Waals surface area contributed by atoms with Crippen LogP contribution in [0.15, 0.2) is 47.2 Å². The van der Waals surface area contributed by atoms with Gasteiger partial charge in [-0.1, -0.05) is 10.3 Å². The Bertz CT molecular complexity index is 531. The van der Waals surface area contributed by atoms with Gasteiger partial charge in [-0.05, 0) is 18.2 Å². The summed E-state index contributed by atoms with van der Waals surface area (Å²) in [6.07, 6.45) is 6.37. The van der Waals surface area contributed by atoms with Crippen LogP contribution in [0, 0.1) is 5.82 Å². The summed E-state index contributed by atoms with van der Waals surface area (Å²) in [5, 5.41) is 21.6. The third-order valence-electron chi connectivity index (χ3n) is 1.74. The zero-order chi connectivity index (χ0) is 13.9. The molecule has 8 heteroatoms. The highest BCUT2D eigenvalue weighted by atomic mass is 19.1. The van der Waals surface area contributed by atoms with Crippen molar-refractivity contribution in [3.63, 3.8) is 0 Å². The van der Waals surface area contributed by atoms with Crippen molar-refractivity contribution < 1.29 is 14.8 Å². The van der Waals surface area contributed by atoms with E-state index < -0.39 is 5.82 Å². The average Bonchev–Trinajstić information content (AvgIpc) is 2.44. The predicted octanol–water partition coefficient (Wildman–Crippen LogP) is 1.31. The Kier molecular flexibility index (Phi) is 6.13. The summed E-state index contributed by atoms with van der Waals surface area (Å²) in [7, 11) is 0. The minimum atomic E-state index is -0.407. The molecule has 0 saturated heterocycles. The standard InChI is InChI=1S/C6H5FN2O.C5H5N3O/c7-5-1-2-6(4-9-10)8-3-5;9-8-3-5-1-2-6-4-7-5/h1-4,10H;1-4,9H. The molecule has 2 rings (SSSR count). The summed E-state index contributed by atoms with van der Waals surface area (Å²) in [6, 6.07) is 4.29. The molecule has 0 aliphatic rings. The molecule has 0 radical (unpaired) electrons. The number of hydrogen-bond donors (Lipinski definition) is 2. The molecule has 0 aliphatic carbocycles. The van der Waals surface area contributed by atoms with Crippen LogP contribution in [-0.2, 0) is 0 Å². The second kappa shape index (κ2) is 8.23. The van der Waals surface area contributed by atoms with Gasteiger partial charge < -0.3 is 10.4 Å². The van der Waals surface area contributed by atoms with Crippen LogP contribution in [0.3, 0.4) is 0 Å². The van der Waals surface area contributed by atoms with Crippen molar-refractivity contribution in [2.45, 2.75) is 0 Å². The number of halogens is 1. The Morgan fingerprint density at radius 2 is 1.68 bits per heavy atom. The third kappa shape index (κ3) is 5.82. The molecule has 2 N–H and O–H groups in total. The van der Waals surface area contributed by atoms with E-state index in [2.05, 4.69) is 25.3 Å². The summed E-state index contributed by atoms with van der Waals surface area (Å²) < 4.78 is 12.2. The van der Waals surface area contributed by atoms with Gasteiger partial charge in [0.25, 0.3) is 0 Å². The first-order valence-electron chi connectivity index (χ1n) is 4.98. The van der Waals surface area contributed by atoms with Gasteiger partial charge in [0.2, 0.25) is 0 Å². The normalized spacial score (nSPS) is 10.4. The molecule has 0 aliphatic heterocycles. The van der Waals surface area contributed by atoms with E-state index in [0.29, 0.717) is 11.4 Å². The van der Waals surface area contributed by atoms with Crippen molar-refractivity contribution in [3.05, 3.63) is 54.1 Å². The van der Waals surface area contributed by atoms with Crippen LogP contribution >= 0.6 is 0 Å². The smallest absolute Gasteiger partial charge is 0.141 e. The highest BCUT2D eigenvalue weighted by Crippen LogP contribution is 1.94. The van der Waals surface area contributed by atoms with Crippen molar-refractivity contribution in [3.8, 4) is 0 Å². The Morgan fingerprint density at radius 3 is 2.16 bits per heavy atom. The highest BCUT2D eigenvalue weighted by Gasteiger charge is 1.89. The van der Waals surface area contributed by atoms with E-state index in [-0.39, 0.29) is 0 Å². The Hall–Kier alpha value is -2.90. The monoisotopic (exact) mass is 263 g/mol. The predicted molar refractivity (Wildman–Crippen MR) is 65.0 cm³/mol. The van der Waals surface area contributed by atoms with Crippen molar-refractivity contribution in [2.75, 3.05) is 0 Å². The van der Waals surface area contributed by atoms with Crippen LogP contribution in [0.25, 0.3) is 0 Å². The first-order valence-corrected chi connectivity index (χ1v) is 4.98. The first kappa shape index (κ1) is 14.2. The third-order valence-corrected chi connectivity index (χ3v) is 1.74. The topological polar surface area (TPSA) is 104 Å². The number of rotatable bonds is 2. The molecule has 19 heavy (non-hydrogen) atoms. The number of oxime groups is 2. The summed E-state index contributed by atoms with van der Waals surface area (Å²) in [5.41, 5.74) is 1.01. The molecule has 2 heterocycles. The number of nitrogens with zero attached hydrogens (tertiary/aromatic N) is 5. The molecule has 98 valence electrons. The minimum Gasteiger partial charge on any atom is -0.411 e. The quantitative estimate of drug-likeness (QED) is 0.483. The molecule has 7 nitrogen and oxygen atoms in total. The summed E-state index contributed by atoms with van der Waals surface area (Å²) in [5.74, 6) is -0.407. The van der Waals surface area contributed by atoms with Crippen molar-refractivity contribution in [1.29, 1.82) is 0 Å². The number of aromatic nitrogens is 3. The van der Waals surface area contributed by atoms with Gasteiger partial charge in [-0.25, -0.2) is 14.4 Å². The van der Waals surface area contributed by atoms with Crippen LogP contribution in [0.5, 0.6) is 0 Å². The Morgan fingerprint density at radius 1 is 1.00 bits per heavy atom. The van der Waals surface area contributed by atoms with Crippen LogP contribution in [0.2, 0.25) is 0 Å². The zero-order valence-corrected chi connectivity index (χ0v) is 9.63. The Labute approximate surface area is 107 Å².